The van der Waals surface area contributed by atoms with Gasteiger partial charge in [-0.2, -0.15) is 21.6 Å². The second-order valence-corrected chi connectivity index (χ2v) is 4.93. The first kappa shape index (κ1) is 18.0. The third-order valence-corrected chi connectivity index (χ3v) is 2.70. The zero-order valence-corrected chi connectivity index (χ0v) is 10.5. The Bertz CT molecular complexity index is 402. The van der Waals surface area contributed by atoms with E-state index in [0.29, 0.717) is 0 Å². The highest BCUT2D eigenvalue weighted by atomic mass is 32.2. The fraction of sp³-hybridized carbons (Fsp3) is 0.875. The number of carbonyl (C=O) groups is 1. The maximum Gasteiger partial charge on any atom is 0.523 e. The Labute approximate surface area is 105 Å². The van der Waals surface area contributed by atoms with Crippen molar-refractivity contribution in [1.29, 1.82) is 0 Å². The monoisotopic (exact) mass is 314 g/mol. The highest BCUT2D eigenvalue weighted by molar-refractivity contribution is 7.87. The SMILES string of the molecule is CCOC(=O)CCC(F)(F)COS(=O)(=O)C(F)(F)F. The Morgan fingerprint density at radius 3 is 2.11 bits per heavy atom. The molecule has 0 aromatic heterocycles. The predicted octanol–water partition coefficient (Wildman–Crippen LogP) is 1.83. The molecular formula is C8H11F5O5S. The Kier molecular flexibility index (Phi) is 6.13. The van der Waals surface area contributed by atoms with E-state index in [0.717, 1.165) is 0 Å². The maximum atomic E-state index is 13.0. The van der Waals surface area contributed by atoms with Crippen LogP contribution in [-0.2, 0) is 23.8 Å². The average Bonchev–Trinajstić information content (AvgIpc) is 2.23. The van der Waals surface area contributed by atoms with Crippen LogP contribution >= 0.6 is 0 Å². The van der Waals surface area contributed by atoms with Crippen molar-refractivity contribution in [2.24, 2.45) is 0 Å². The van der Waals surface area contributed by atoms with E-state index in [9.17, 15) is 35.2 Å². The van der Waals surface area contributed by atoms with Crippen LogP contribution in [0.5, 0.6) is 0 Å². The van der Waals surface area contributed by atoms with Gasteiger partial charge < -0.3 is 4.74 Å². The predicted molar refractivity (Wildman–Crippen MR) is 51.7 cm³/mol. The van der Waals surface area contributed by atoms with Gasteiger partial charge in [-0.05, 0) is 6.92 Å². The summed E-state index contributed by atoms with van der Waals surface area (Å²) in [7, 11) is -6.08. The molecule has 0 radical (unpaired) electrons. The lowest BCUT2D eigenvalue weighted by atomic mass is 10.2. The van der Waals surface area contributed by atoms with Gasteiger partial charge in [-0.15, -0.1) is 0 Å². The molecule has 11 heteroatoms. The molecular weight excluding hydrogens is 303 g/mol. The summed E-state index contributed by atoms with van der Waals surface area (Å²) in [6, 6.07) is 0. The molecule has 0 saturated heterocycles. The Morgan fingerprint density at radius 1 is 1.16 bits per heavy atom. The molecule has 0 aliphatic carbocycles. The summed E-state index contributed by atoms with van der Waals surface area (Å²) < 4.78 is 89.6. The lowest BCUT2D eigenvalue weighted by Gasteiger charge is -2.16. The van der Waals surface area contributed by atoms with E-state index in [-0.39, 0.29) is 6.61 Å². The molecule has 0 aromatic carbocycles. The van der Waals surface area contributed by atoms with Gasteiger partial charge in [-0.1, -0.05) is 0 Å². The number of halogens is 5. The summed E-state index contributed by atoms with van der Waals surface area (Å²) in [6.45, 7) is -0.591. The zero-order valence-electron chi connectivity index (χ0n) is 9.67. The summed E-state index contributed by atoms with van der Waals surface area (Å²) in [5.74, 6) is -4.87. The fourth-order valence-corrected chi connectivity index (χ4v) is 1.28. The van der Waals surface area contributed by atoms with Gasteiger partial charge in [-0.3, -0.25) is 8.98 Å². The van der Waals surface area contributed by atoms with Gasteiger partial charge in [0.2, 0.25) is 0 Å². The average molecular weight is 314 g/mol. The molecule has 0 aromatic rings. The van der Waals surface area contributed by atoms with Crippen molar-refractivity contribution >= 4 is 16.1 Å². The topological polar surface area (TPSA) is 69.7 Å². The van der Waals surface area contributed by atoms with Crippen LogP contribution in [0.4, 0.5) is 22.0 Å². The molecule has 0 fully saturated rings. The fourth-order valence-electron chi connectivity index (χ4n) is 0.821. The minimum atomic E-state index is -6.08. The van der Waals surface area contributed by atoms with Crippen molar-refractivity contribution < 1.29 is 44.1 Å². The van der Waals surface area contributed by atoms with E-state index in [1.54, 1.807) is 0 Å². The van der Waals surface area contributed by atoms with Crippen molar-refractivity contribution in [2.45, 2.75) is 31.2 Å². The molecule has 0 aliphatic rings. The lowest BCUT2D eigenvalue weighted by Crippen LogP contribution is -2.32. The van der Waals surface area contributed by atoms with E-state index in [1.165, 1.54) is 6.92 Å². The highest BCUT2D eigenvalue weighted by Gasteiger charge is 2.49. The normalized spacial score (nSPS) is 13.4. The van der Waals surface area contributed by atoms with E-state index < -0.39 is 47.0 Å². The zero-order chi connectivity index (χ0) is 15.3. The van der Waals surface area contributed by atoms with Crippen LogP contribution in [0.3, 0.4) is 0 Å². The molecule has 0 atom stereocenters. The molecule has 0 spiro atoms. The number of hydrogen-bond acceptors (Lipinski definition) is 5. The van der Waals surface area contributed by atoms with Gasteiger partial charge in [0, 0.05) is 6.42 Å². The first-order chi connectivity index (χ1) is 8.41. The number of hydrogen-bond donors (Lipinski definition) is 0. The van der Waals surface area contributed by atoms with E-state index in [2.05, 4.69) is 8.92 Å². The summed E-state index contributed by atoms with van der Waals surface area (Å²) in [6.07, 6.45) is -1.95. The van der Waals surface area contributed by atoms with E-state index in [1.807, 2.05) is 0 Å². The third-order valence-electron chi connectivity index (χ3n) is 1.71. The maximum absolute atomic E-state index is 13.0. The molecule has 114 valence electrons. The minimum Gasteiger partial charge on any atom is -0.466 e. The van der Waals surface area contributed by atoms with Gasteiger partial charge in [0.15, 0.2) is 0 Å². The standard InChI is InChI=1S/C8H11F5O5S/c1-2-17-6(14)3-4-7(9,10)5-18-19(15,16)8(11,12)13/h2-5H2,1H3. The van der Waals surface area contributed by atoms with Gasteiger partial charge >= 0.3 is 21.6 Å². The van der Waals surface area contributed by atoms with Crippen molar-refractivity contribution in [1.82, 2.24) is 0 Å². The van der Waals surface area contributed by atoms with E-state index in [4.69, 9.17) is 0 Å². The molecule has 0 unspecified atom stereocenters. The number of carbonyl (C=O) groups excluding carboxylic acids is 1. The Balaban J connectivity index is 4.36. The summed E-state index contributed by atoms with van der Waals surface area (Å²) in [4.78, 5) is 10.8. The summed E-state index contributed by atoms with van der Waals surface area (Å²) >= 11 is 0. The largest absolute Gasteiger partial charge is 0.523 e. The quantitative estimate of drug-likeness (QED) is 0.310. The van der Waals surface area contributed by atoms with Crippen LogP contribution in [0.25, 0.3) is 0 Å². The van der Waals surface area contributed by atoms with Crippen molar-refractivity contribution in [2.75, 3.05) is 13.2 Å². The molecule has 5 nitrogen and oxygen atoms in total. The Hall–Kier alpha value is -0.970. The molecule has 0 amide bonds. The second-order valence-electron chi connectivity index (χ2n) is 3.32. The van der Waals surface area contributed by atoms with E-state index >= 15 is 0 Å². The first-order valence-electron chi connectivity index (χ1n) is 4.90. The van der Waals surface area contributed by atoms with Gasteiger partial charge in [-0.25, -0.2) is 8.78 Å². The highest BCUT2D eigenvalue weighted by Crippen LogP contribution is 2.28. The molecule has 0 saturated carbocycles. The molecule has 0 aliphatic heterocycles. The lowest BCUT2D eigenvalue weighted by molar-refractivity contribution is -0.146. The van der Waals surface area contributed by atoms with Gasteiger partial charge in [0.1, 0.15) is 6.61 Å². The van der Waals surface area contributed by atoms with Crippen molar-refractivity contribution in [3.8, 4) is 0 Å². The Morgan fingerprint density at radius 2 is 1.68 bits per heavy atom. The van der Waals surface area contributed by atoms with Crippen molar-refractivity contribution in [3.63, 3.8) is 0 Å². The number of rotatable bonds is 7. The van der Waals surface area contributed by atoms with Crippen LogP contribution < -0.4 is 0 Å². The number of ether oxygens (including phenoxy) is 1. The van der Waals surface area contributed by atoms with Crippen LogP contribution in [-0.4, -0.2) is 39.0 Å². The molecule has 0 heterocycles. The first-order valence-corrected chi connectivity index (χ1v) is 6.31. The minimum absolute atomic E-state index is 0.0383. The molecule has 0 N–H and O–H groups in total. The van der Waals surface area contributed by atoms with Crippen LogP contribution in [0, 0.1) is 0 Å². The van der Waals surface area contributed by atoms with Crippen LogP contribution in [0.2, 0.25) is 0 Å². The third kappa shape index (κ3) is 6.66. The molecule has 0 bridgehead atoms. The van der Waals surface area contributed by atoms with Gasteiger partial charge in [0.05, 0.1) is 13.0 Å². The van der Waals surface area contributed by atoms with Crippen molar-refractivity contribution in [3.05, 3.63) is 0 Å². The number of alkyl halides is 5. The smallest absolute Gasteiger partial charge is 0.466 e. The summed E-state index contributed by atoms with van der Waals surface area (Å²) in [5, 5.41) is 0. The second kappa shape index (κ2) is 6.46. The summed E-state index contributed by atoms with van der Waals surface area (Å²) in [5.41, 5.74) is -5.77. The van der Waals surface area contributed by atoms with Crippen LogP contribution in [0.1, 0.15) is 19.8 Å². The molecule has 19 heavy (non-hydrogen) atoms. The van der Waals surface area contributed by atoms with Gasteiger partial charge in [0.25, 0.3) is 5.92 Å². The number of esters is 1. The van der Waals surface area contributed by atoms with Crippen LogP contribution in [0.15, 0.2) is 0 Å². The molecule has 0 rings (SSSR count).